The summed E-state index contributed by atoms with van der Waals surface area (Å²) in [4.78, 5) is 4.92. The highest BCUT2D eigenvalue weighted by molar-refractivity contribution is 6.23. The molecule has 0 saturated carbocycles. The summed E-state index contributed by atoms with van der Waals surface area (Å²) >= 11 is 0. The molecule has 5 heteroatoms. The molecule has 0 atom stereocenters. The van der Waals surface area contributed by atoms with Gasteiger partial charge >= 0.3 is 0 Å². The molecule has 2 heterocycles. The minimum absolute atomic E-state index is 0.0854. The molecule has 0 spiro atoms. The SMILES string of the molecule is COc1cc(-c2nc3c(o2)c2c4c(ccc2c2occ(C)c32)C(C)(C)CCC4)ccc1O. The molecule has 1 aliphatic rings. The number of aromatic nitrogens is 1. The Hall–Kier alpha value is -3.47. The second-order valence-electron chi connectivity index (χ2n) is 9.46. The van der Waals surface area contributed by atoms with Gasteiger partial charge in [-0.15, -0.1) is 0 Å². The molecule has 0 aliphatic heterocycles. The van der Waals surface area contributed by atoms with Crippen molar-refractivity contribution in [3.8, 4) is 23.0 Å². The number of rotatable bonds is 2. The van der Waals surface area contributed by atoms with Crippen LogP contribution in [0.5, 0.6) is 11.5 Å². The lowest BCUT2D eigenvalue weighted by Crippen LogP contribution is -2.23. The minimum atomic E-state index is 0.0854. The van der Waals surface area contributed by atoms with Crippen molar-refractivity contribution < 1.29 is 18.7 Å². The number of phenols is 1. The molecule has 1 aliphatic carbocycles. The number of hydrogen-bond donors (Lipinski definition) is 1. The highest BCUT2D eigenvalue weighted by atomic mass is 16.5. The number of aryl methyl sites for hydroxylation is 2. The Bertz CT molecular complexity index is 1540. The lowest BCUT2D eigenvalue weighted by molar-refractivity contribution is 0.373. The van der Waals surface area contributed by atoms with Gasteiger partial charge in [-0.3, -0.25) is 0 Å². The van der Waals surface area contributed by atoms with Gasteiger partial charge in [0.05, 0.1) is 18.8 Å². The molecule has 0 bridgehead atoms. The van der Waals surface area contributed by atoms with Crippen molar-refractivity contribution >= 4 is 32.8 Å². The van der Waals surface area contributed by atoms with Gasteiger partial charge in [0.15, 0.2) is 17.1 Å². The second kappa shape index (κ2) is 6.52. The van der Waals surface area contributed by atoms with E-state index in [-0.39, 0.29) is 11.2 Å². The first-order chi connectivity index (χ1) is 15.4. The number of benzene rings is 3. The Morgan fingerprint density at radius 2 is 1.94 bits per heavy atom. The van der Waals surface area contributed by atoms with Gasteiger partial charge in [-0.05, 0) is 66.5 Å². The van der Waals surface area contributed by atoms with E-state index in [1.807, 2.05) is 6.92 Å². The Morgan fingerprint density at radius 1 is 1.09 bits per heavy atom. The molecule has 0 fully saturated rings. The molecule has 1 N–H and O–H groups in total. The summed E-state index contributed by atoms with van der Waals surface area (Å²) in [5.74, 6) is 0.973. The molecule has 3 aromatic carbocycles. The fourth-order valence-corrected chi connectivity index (χ4v) is 5.36. The van der Waals surface area contributed by atoms with Crippen LogP contribution in [0.4, 0.5) is 0 Å². The van der Waals surface area contributed by atoms with Gasteiger partial charge in [-0.25, -0.2) is 4.98 Å². The Labute approximate surface area is 185 Å². The molecule has 162 valence electrons. The minimum Gasteiger partial charge on any atom is -0.504 e. The summed E-state index contributed by atoms with van der Waals surface area (Å²) in [6.07, 6.45) is 5.13. The first kappa shape index (κ1) is 19.2. The van der Waals surface area contributed by atoms with Gasteiger partial charge in [-0.2, -0.15) is 0 Å². The lowest BCUT2D eigenvalue weighted by atomic mass is 9.71. The van der Waals surface area contributed by atoms with Crippen molar-refractivity contribution in [3.63, 3.8) is 0 Å². The molecular weight excluding hydrogens is 402 g/mol. The molecule has 0 amide bonds. The average Bonchev–Trinajstić information content (AvgIpc) is 3.37. The first-order valence-corrected chi connectivity index (χ1v) is 11.0. The largest absolute Gasteiger partial charge is 0.504 e. The molecule has 5 aromatic rings. The van der Waals surface area contributed by atoms with E-state index in [1.54, 1.807) is 24.5 Å². The van der Waals surface area contributed by atoms with Crippen LogP contribution in [-0.2, 0) is 11.8 Å². The molecule has 5 nitrogen and oxygen atoms in total. The highest BCUT2D eigenvalue weighted by Gasteiger charge is 2.31. The number of phenolic OH excluding ortho intramolecular Hbond substituents is 1. The number of ether oxygens (including phenoxy) is 1. The second-order valence-corrected chi connectivity index (χ2v) is 9.46. The van der Waals surface area contributed by atoms with Gasteiger partial charge in [0.2, 0.25) is 5.89 Å². The maximum atomic E-state index is 10.0. The number of furan rings is 1. The number of aromatic hydroxyl groups is 1. The standard InChI is InChI=1S/C27H25NO4/c1-14-13-31-24-17-8-9-18-16(6-5-11-27(18,2)3)22(17)25-23(21(14)24)28-26(32-25)15-7-10-19(29)20(12-15)30-4/h7-10,12-13,29H,5-6,11H2,1-4H3. The number of fused-ring (bicyclic) bond motifs is 8. The summed E-state index contributed by atoms with van der Waals surface area (Å²) in [6.45, 7) is 6.67. The van der Waals surface area contributed by atoms with Crippen molar-refractivity contribution in [1.82, 2.24) is 4.98 Å². The first-order valence-electron chi connectivity index (χ1n) is 11.0. The van der Waals surface area contributed by atoms with Gasteiger partial charge in [0, 0.05) is 16.3 Å². The third-order valence-corrected chi connectivity index (χ3v) is 7.01. The van der Waals surface area contributed by atoms with Crippen LogP contribution >= 0.6 is 0 Å². The molecule has 0 radical (unpaired) electrons. The van der Waals surface area contributed by atoms with Crippen LogP contribution < -0.4 is 4.74 Å². The quantitative estimate of drug-likeness (QED) is 0.327. The lowest BCUT2D eigenvalue weighted by Gasteiger charge is -2.33. The van der Waals surface area contributed by atoms with Crippen LogP contribution in [0.2, 0.25) is 0 Å². The summed E-state index contributed by atoms with van der Waals surface area (Å²) in [7, 11) is 1.53. The zero-order valence-corrected chi connectivity index (χ0v) is 18.7. The topological polar surface area (TPSA) is 68.6 Å². The van der Waals surface area contributed by atoms with Crippen LogP contribution in [-0.4, -0.2) is 17.2 Å². The van der Waals surface area contributed by atoms with E-state index in [9.17, 15) is 5.11 Å². The van der Waals surface area contributed by atoms with E-state index in [0.29, 0.717) is 11.6 Å². The van der Waals surface area contributed by atoms with E-state index in [1.165, 1.54) is 24.7 Å². The van der Waals surface area contributed by atoms with E-state index < -0.39 is 0 Å². The summed E-state index contributed by atoms with van der Waals surface area (Å²) in [6, 6.07) is 9.59. The maximum Gasteiger partial charge on any atom is 0.227 e. The fourth-order valence-electron chi connectivity index (χ4n) is 5.36. The van der Waals surface area contributed by atoms with Crippen molar-refractivity contribution in [2.75, 3.05) is 7.11 Å². The monoisotopic (exact) mass is 427 g/mol. The number of nitrogens with zero attached hydrogens (tertiary/aromatic N) is 1. The van der Waals surface area contributed by atoms with Gasteiger partial charge in [0.1, 0.15) is 11.1 Å². The fraction of sp³-hybridized carbons (Fsp3) is 0.296. The van der Waals surface area contributed by atoms with Crippen LogP contribution in [0.15, 0.2) is 45.4 Å². The number of hydrogen-bond acceptors (Lipinski definition) is 5. The van der Waals surface area contributed by atoms with Crippen LogP contribution in [0.1, 0.15) is 43.4 Å². The zero-order valence-electron chi connectivity index (χ0n) is 18.7. The van der Waals surface area contributed by atoms with Crippen LogP contribution in [0.25, 0.3) is 44.3 Å². The number of oxazole rings is 1. The molecule has 2 aromatic heterocycles. The molecule has 0 unspecified atom stereocenters. The average molecular weight is 428 g/mol. The van der Waals surface area contributed by atoms with Gasteiger partial charge < -0.3 is 18.7 Å². The van der Waals surface area contributed by atoms with Crippen LogP contribution in [0.3, 0.4) is 0 Å². The van der Waals surface area contributed by atoms with E-state index in [4.69, 9.17) is 18.6 Å². The highest BCUT2D eigenvalue weighted by Crippen LogP contribution is 2.46. The third kappa shape index (κ3) is 2.54. The number of methoxy groups -OCH3 is 1. The predicted molar refractivity (Wildman–Crippen MR) is 126 cm³/mol. The van der Waals surface area contributed by atoms with Gasteiger partial charge in [-0.1, -0.05) is 26.0 Å². The Balaban J connectivity index is 1.75. The maximum absolute atomic E-state index is 10.0. The molecule has 0 saturated heterocycles. The Kier molecular flexibility index (Phi) is 3.92. The Morgan fingerprint density at radius 3 is 2.75 bits per heavy atom. The third-order valence-electron chi connectivity index (χ3n) is 7.01. The van der Waals surface area contributed by atoms with E-state index in [0.717, 1.165) is 56.8 Å². The van der Waals surface area contributed by atoms with Crippen molar-refractivity contribution in [2.45, 2.75) is 45.4 Å². The van der Waals surface area contributed by atoms with Crippen molar-refractivity contribution in [2.24, 2.45) is 0 Å². The molecule has 32 heavy (non-hydrogen) atoms. The van der Waals surface area contributed by atoms with E-state index in [2.05, 4.69) is 26.0 Å². The van der Waals surface area contributed by atoms with Gasteiger partial charge in [0.25, 0.3) is 0 Å². The normalized spacial score (nSPS) is 15.5. The van der Waals surface area contributed by atoms with Crippen LogP contribution in [0, 0.1) is 6.92 Å². The summed E-state index contributed by atoms with van der Waals surface area (Å²) < 4.78 is 17.8. The summed E-state index contributed by atoms with van der Waals surface area (Å²) in [5, 5.41) is 13.2. The van der Waals surface area contributed by atoms with E-state index >= 15 is 0 Å². The summed E-state index contributed by atoms with van der Waals surface area (Å²) in [5.41, 5.74) is 7.10. The molecular formula is C27H25NO4. The smallest absolute Gasteiger partial charge is 0.227 e. The predicted octanol–water partition coefficient (Wildman–Crippen LogP) is 7.03. The van der Waals surface area contributed by atoms with Crippen molar-refractivity contribution in [3.05, 3.63) is 53.3 Å². The molecule has 6 rings (SSSR count). The van der Waals surface area contributed by atoms with Crippen molar-refractivity contribution in [1.29, 1.82) is 0 Å². The zero-order chi connectivity index (χ0) is 22.2.